The van der Waals surface area contributed by atoms with Gasteiger partial charge in [0.25, 0.3) is 0 Å². The average molecular weight is 264 g/mol. The molecule has 0 atom stereocenters. The summed E-state index contributed by atoms with van der Waals surface area (Å²) in [5.74, 6) is -0.511. The monoisotopic (exact) mass is 264 g/mol. The Balaban J connectivity index is 2.71. The molecule has 5 nitrogen and oxygen atoms in total. The first-order valence-electron chi connectivity index (χ1n) is 6.18. The third-order valence-corrected chi connectivity index (χ3v) is 2.48. The number of carbonyl (C=O) groups is 2. The molecule has 0 saturated heterocycles. The molecule has 2 N–H and O–H groups in total. The lowest BCUT2D eigenvalue weighted by atomic mass is 10.2. The van der Waals surface area contributed by atoms with Gasteiger partial charge in [-0.3, -0.25) is 9.59 Å². The molecule has 0 bridgehead atoms. The molecule has 0 aliphatic rings. The van der Waals surface area contributed by atoms with Crippen LogP contribution in [0.4, 0.5) is 5.69 Å². The summed E-state index contributed by atoms with van der Waals surface area (Å²) in [6, 6.07) is 5.37. The van der Waals surface area contributed by atoms with Crippen molar-refractivity contribution in [2.45, 2.75) is 20.8 Å². The Labute approximate surface area is 113 Å². The number of carbonyl (C=O) groups excluding carboxylic acids is 2. The second-order valence-corrected chi connectivity index (χ2v) is 4.76. The molecule has 0 fully saturated rings. The van der Waals surface area contributed by atoms with Crippen molar-refractivity contribution in [2.75, 3.05) is 19.0 Å². The predicted octanol–water partition coefficient (Wildman–Crippen LogP) is 1.71. The predicted molar refractivity (Wildman–Crippen MR) is 74.2 cm³/mol. The summed E-state index contributed by atoms with van der Waals surface area (Å²) in [6.45, 7) is 6.29. The molecule has 0 saturated carbocycles. The van der Waals surface area contributed by atoms with Crippen LogP contribution in [0.3, 0.4) is 0 Å². The molecule has 1 rings (SSSR count). The van der Waals surface area contributed by atoms with E-state index in [0.717, 1.165) is 5.56 Å². The van der Waals surface area contributed by atoms with Crippen LogP contribution in [0.2, 0.25) is 0 Å². The zero-order valence-electron chi connectivity index (χ0n) is 11.7. The van der Waals surface area contributed by atoms with Gasteiger partial charge in [0.05, 0.1) is 12.8 Å². The van der Waals surface area contributed by atoms with Gasteiger partial charge in [0.1, 0.15) is 5.75 Å². The van der Waals surface area contributed by atoms with E-state index in [0.29, 0.717) is 23.9 Å². The van der Waals surface area contributed by atoms with Crippen LogP contribution < -0.4 is 15.4 Å². The van der Waals surface area contributed by atoms with Crippen LogP contribution in [0.15, 0.2) is 18.2 Å². The maximum absolute atomic E-state index is 11.7. The molecule has 0 aliphatic heterocycles. The first kappa shape index (κ1) is 15.0. The molecule has 0 heterocycles. The standard InChI is InChI=1S/C14H20N2O3/c1-9(2)8-15-13(17)14(18)16-11-7-10(3)5-6-12(11)19-4/h5-7,9H,8H2,1-4H3,(H,15,17)(H,16,18). The Morgan fingerprint density at radius 3 is 2.53 bits per heavy atom. The molecule has 0 spiro atoms. The van der Waals surface area contributed by atoms with Gasteiger partial charge in [-0.1, -0.05) is 19.9 Å². The van der Waals surface area contributed by atoms with Crippen LogP contribution >= 0.6 is 0 Å². The number of anilines is 1. The number of hydrogen-bond donors (Lipinski definition) is 2. The number of aryl methyl sites for hydroxylation is 1. The minimum absolute atomic E-state index is 0.297. The Bertz CT molecular complexity index is 470. The summed E-state index contributed by atoms with van der Waals surface area (Å²) < 4.78 is 5.13. The Kier molecular flexibility index (Phi) is 5.36. The van der Waals surface area contributed by atoms with E-state index in [1.165, 1.54) is 7.11 Å². The quantitative estimate of drug-likeness (QED) is 0.814. The number of methoxy groups -OCH3 is 1. The summed E-state index contributed by atoms with van der Waals surface area (Å²) in [5.41, 5.74) is 1.46. The molecule has 5 heteroatoms. The number of benzene rings is 1. The van der Waals surface area contributed by atoms with Crippen molar-refractivity contribution >= 4 is 17.5 Å². The van der Waals surface area contributed by atoms with Gasteiger partial charge in [-0.2, -0.15) is 0 Å². The van der Waals surface area contributed by atoms with E-state index >= 15 is 0 Å². The molecule has 0 aliphatic carbocycles. The highest BCUT2D eigenvalue weighted by atomic mass is 16.5. The molecule has 2 amide bonds. The average Bonchev–Trinajstić information content (AvgIpc) is 2.36. The van der Waals surface area contributed by atoms with Crippen LogP contribution in [-0.2, 0) is 9.59 Å². The third-order valence-electron chi connectivity index (χ3n) is 2.48. The summed E-state index contributed by atoms with van der Waals surface area (Å²) in [4.78, 5) is 23.3. The maximum Gasteiger partial charge on any atom is 0.313 e. The van der Waals surface area contributed by atoms with Gasteiger partial charge in [0, 0.05) is 6.54 Å². The molecule has 0 aromatic heterocycles. The molecular weight excluding hydrogens is 244 g/mol. The van der Waals surface area contributed by atoms with Gasteiger partial charge in [0.15, 0.2) is 0 Å². The highest BCUT2D eigenvalue weighted by molar-refractivity contribution is 6.39. The number of amides is 2. The highest BCUT2D eigenvalue weighted by Gasteiger charge is 2.15. The summed E-state index contributed by atoms with van der Waals surface area (Å²) >= 11 is 0. The van der Waals surface area contributed by atoms with Crippen LogP contribution in [0.25, 0.3) is 0 Å². The molecule has 1 aromatic carbocycles. The Morgan fingerprint density at radius 1 is 1.26 bits per heavy atom. The van der Waals surface area contributed by atoms with E-state index in [-0.39, 0.29) is 0 Å². The number of rotatable bonds is 4. The zero-order chi connectivity index (χ0) is 14.4. The van der Waals surface area contributed by atoms with E-state index in [1.54, 1.807) is 12.1 Å². The minimum Gasteiger partial charge on any atom is -0.495 e. The fourth-order valence-corrected chi connectivity index (χ4v) is 1.48. The molecule has 0 radical (unpaired) electrons. The lowest BCUT2D eigenvalue weighted by Gasteiger charge is -2.11. The normalized spacial score (nSPS) is 10.2. The lowest BCUT2D eigenvalue weighted by Crippen LogP contribution is -2.37. The first-order valence-corrected chi connectivity index (χ1v) is 6.18. The Hall–Kier alpha value is -2.04. The van der Waals surface area contributed by atoms with Crippen molar-refractivity contribution in [3.05, 3.63) is 23.8 Å². The van der Waals surface area contributed by atoms with Gasteiger partial charge in [-0.15, -0.1) is 0 Å². The smallest absolute Gasteiger partial charge is 0.313 e. The maximum atomic E-state index is 11.7. The van der Waals surface area contributed by atoms with Crippen LogP contribution in [0.1, 0.15) is 19.4 Å². The van der Waals surface area contributed by atoms with Crippen molar-refractivity contribution in [3.8, 4) is 5.75 Å². The second-order valence-electron chi connectivity index (χ2n) is 4.76. The van der Waals surface area contributed by atoms with Crippen molar-refractivity contribution in [2.24, 2.45) is 5.92 Å². The molecule has 1 aromatic rings. The second kappa shape index (κ2) is 6.78. The summed E-state index contributed by atoms with van der Waals surface area (Å²) in [5, 5.41) is 5.11. The van der Waals surface area contributed by atoms with Crippen molar-refractivity contribution in [1.82, 2.24) is 5.32 Å². The van der Waals surface area contributed by atoms with Gasteiger partial charge in [0.2, 0.25) is 0 Å². The van der Waals surface area contributed by atoms with Gasteiger partial charge < -0.3 is 15.4 Å². The number of nitrogens with one attached hydrogen (secondary N) is 2. The van der Waals surface area contributed by atoms with Gasteiger partial charge in [-0.05, 0) is 30.5 Å². The third kappa shape index (κ3) is 4.62. The van der Waals surface area contributed by atoms with Gasteiger partial charge >= 0.3 is 11.8 Å². The van der Waals surface area contributed by atoms with Crippen molar-refractivity contribution in [1.29, 1.82) is 0 Å². The van der Waals surface area contributed by atoms with E-state index in [9.17, 15) is 9.59 Å². The van der Waals surface area contributed by atoms with E-state index < -0.39 is 11.8 Å². The molecule has 0 unspecified atom stereocenters. The molecule has 19 heavy (non-hydrogen) atoms. The zero-order valence-corrected chi connectivity index (χ0v) is 11.7. The van der Waals surface area contributed by atoms with E-state index in [1.807, 2.05) is 26.8 Å². The van der Waals surface area contributed by atoms with Crippen LogP contribution in [-0.4, -0.2) is 25.5 Å². The summed E-state index contributed by atoms with van der Waals surface area (Å²) in [7, 11) is 1.51. The van der Waals surface area contributed by atoms with Gasteiger partial charge in [-0.25, -0.2) is 0 Å². The first-order chi connectivity index (χ1) is 8.93. The minimum atomic E-state index is -0.690. The summed E-state index contributed by atoms with van der Waals surface area (Å²) in [6.07, 6.45) is 0. The number of hydrogen-bond acceptors (Lipinski definition) is 3. The van der Waals surface area contributed by atoms with Crippen LogP contribution in [0, 0.1) is 12.8 Å². The molecule has 104 valence electrons. The molecular formula is C14H20N2O3. The van der Waals surface area contributed by atoms with E-state index in [2.05, 4.69) is 10.6 Å². The van der Waals surface area contributed by atoms with Crippen molar-refractivity contribution < 1.29 is 14.3 Å². The van der Waals surface area contributed by atoms with Crippen LogP contribution in [0.5, 0.6) is 5.75 Å². The topological polar surface area (TPSA) is 67.4 Å². The fraction of sp³-hybridized carbons (Fsp3) is 0.429. The Morgan fingerprint density at radius 2 is 1.95 bits per heavy atom. The largest absolute Gasteiger partial charge is 0.495 e. The lowest BCUT2D eigenvalue weighted by molar-refractivity contribution is -0.136. The fourth-order valence-electron chi connectivity index (χ4n) is 1.48. The SMILES string of the molecule is COc1ccc(C)cc1NC(=O)C(=O)NCC(C)C. The number of ether oxygens (including phenoxy) is 1. The highest BCUT2D eigenvalue weighted by Crippen LogP contribution is 2.24. The van der Waals surface area contributed by atoms with Crippen molar-refractivity contribution in [3.63, 3.8) is 0 Å². The van der Waals surface area contributed by atoms with E-state index in [4.69, 9.17) is 4.74 Å².